The summed E-state index contributed by atoms with van der Waals surface area (Å²) in [6, 6.07) is 15.4. The number of rotatable bonds is 7. The Morgan fingerprint density at radius 1 is 1.18 bits per heavy atom. The molecule has 0 saturated carbocycles. The van der Waals surface area contributed by atoms with Gasteiger partial charge in [-0.2, -0.15) is 13.9 Å². The second kappa shape index (κ2) is 9.18. The van der Waals surface area contributed by atoms with Crippen molar-refractivity contribution < 1.29 is 23.0 Å². The lowest BCUT2D eigenvalue weighted by atomic mass is 10.0. The van der Waals surface area contributed by atoms with Gasteiger partial charge in [0.15, 0.2) is 11.5 Å². The molecule has 4 aromatic rings. The molecule has 0 N–H and O–H groups in total. The summed E-state index contributed by atoms with van der Waals surface area (Å²) in [7, 11) is 1.37. The summed E-state index contributed by atoms with van der Waals surface area (Å²) >= 11 is 1.53. The van der Waals surface area contributed by atoms with Crippen molar-refractivity contribution in [1.29, 1.82) is 0 Å². The minimum Gasteiger partial charge on any atom is -0.493 e. The topological polar surface area (TPSA) is 81.8 Å². The van der Waals surface area contributed by atoms with E-state index in [4.69, 9.17) is 4.74 Å². The molecule has 1 aliphatic rings. The molecule has 0 aliphatic carbocycles. The van der Waals surface area contributed by atoms with Crippen LogP contribution < -0.4 is 9.47 Å². The van der Waals surface area contributed by atoms with Crippen LogP contribution in [0.4, 0.5) is 8.78 Å². The van der Waals surface area contributed by atoms with Gasteiger partial charge in [0.25, 0.3) is 5.91 Å². The molecule has 0 bridgehead atoms. The summed E-state index contributed by atoms with van der Waals surface area (Å²) in [5.74, 6) is -0.207. The summed E-state index contributed by atoms with van der Waals surface area (Å²) in [4.78, 5) is 14.4. The molecule has 174 valence electrons. The zero-order valence-corrected chi connectivity index (χ0v) is 18.8. The Morgan fingerprint density at radius 3 is 2.79 bits per heavy atom. The third kappa shape index (κ3) is 4.21. The zero-order valence-electron chi connectivity index (χ0n) is 18.0. The van der Waals surface area contributed by atoms with Gasteiger partial charge in [-0.05, 0) is 41.3 Å². The van der Waals surface area contributed by atoms with E-state index in [-0.39, 0.29) is 24.0 Å². The largest absolute Gasteiger partial charge is 0.493 e. The second-order valence-electron chi connectivity index (χ2n) is 7.51. The maximum Gasteiger partial charge on any atom is 0.387 e. The molecule has 0 saturated heterocycles. The molecule has 3 heterocycles. The molecule has 1 aliphatic heterocycles. The van der Waals surface area contributed by atoms with Crippen LogP contribution in [-0.4, -0.2) is 45.3 Å². The van der Waals surface area contributed by atoms with Crippen LogP contribution in [0.3, 0.4) is 0 Å². The van der Waals surface area contributed by atoms with E-state index in [0.29, 0.717) is 17.5 Å². The number of fused-ring (bicyclic) bond motifs is 1. The Morgan fingerprint density at radius 2 is 2.03 bits per heavy atom. The number of aromatic nitrogens is 3. The van der Waals surface area contributed by atoms with Gasteiger partial charge in [-0.15, -0.1) is 16.4 Å². The van der Waals surface area contributed by atoms with E-state index in [1.54, 1.807) is 12.1 Å². The van der Waals surface area contributed by atoms with E-state index in [1.807, 2.05) is 41.8 Å². The third-order valence-corrected chi connectivity index (χ3v) is 6.38. The summed E-state index contributed by atoms with van der Waals surface area (Å²) in [5, 5.41) is 16.2. The molecular formula is C23H19F2N5O3S. The van der Waals surface area contributed by atoms with Gasteiger partial charge in [-0.25, -0.2) is 9.69 Å². The van der Waals surface area contributed by atoms with E-state index < -0.39 is 12.7 Å². The molecule has 0 spiro atoms. The maximum atomic E-state index is 13.4. The van der Waals surface area contributed by atoms with Gasteiger partial charge >= 0.3 is 6.61 Å². The van der Waals surface area contributed by atoms with Gasteiger partial charge < -0.3 is 9.47 Å². The predicted molar refractivity (Wildman–Crippen MR) is 122 cm³/mol. The number of methoxy groups -OCH3 is 1. The van der Waals surface area contributed by atoms with E-state index in [1.165, 1.54) is 34.2 Å². The molecule has 2 aromatic carbocycles. The summed E-state index contributed by atoms with van der Waals surface area (Å²) < 4.78 is 36.8. The van der Waals surface area contributed by atoms with Gasteiger partial charge in [0.1, 0.15) is 12.1 Å². The quantitative estimate of drug-likeness (QED) is 0.387. The van der Waals surface area contributed by atoms with Gasteiger partial charge in [-0.3, -0.25) is 4.79 Å². The van der Waals surface area contributed by atoms with Crippen molar-refractivity contribution in [2.75, 3.05) is 7.11 Å². The van der Waals surface area contributed by atoms with Crippen LogP contribution in [0.1, 0.15) is 22.9 Å². The van der Waals surface area contributed by atoms with Crippen LogP contribution in [0.15, 0.2) is 65.1 Å². The van der Waals surface area contributed by atoms with Crippen LogP contribution in [0.2, 0.25) is 0 Å². The molecule has 0 fully saturated rings. The van der Waals surface area contributed by atoms with E-state index in [0.717, 1.165) is 16.1 Å². The fraction of sp³-hybridized carbons (Fsp3) is 0.217. The van der Waals surface area contributed by atoms with Crippen LogP contribution in [-0.2, 0) is 11.3 Å². The number of carbonyl (C=O) groups excluding carboxylic acids is 1. The normalized spacial score (nSPS) is 15.7. The number of ether oxygens (including phenoxy) is 2. The fourth-order valence-corrected chi connectivity index (χ4v) is 4.63. The number of alkyl halides is 2. The van der Waals surface area contributed by atoms with Gasteiger partial charge in [0, 0.05) is 6.42 Å². The number of thiophene rings is 1. The lowest BCUT2D eigenvalue weighted by Gasteiger charge is -2.23. The Kier molecular flexibility index (Phi) is 5.93. The highest BCUT2D eigenvalue weighted by Gasteiger charge is 2.34. The molecule has 8 nitrogen and oxygen atoms in total. The monoisotopic (exact) mass is 483 g/mol. The zero-order chi connectivity index (χ0) is 23.7. The van der Waals surface area contributed by atoms with Crippen molar-refractivity contribution >= 4 is 34.0 Å². The highest BCUT2D eigenvalue weighted by atomic mass is 32.1. The van der Waals surface area contributed by atoms with Crippen molar-refractivity contribution in [2.45, 2.75) is 25.6 Å². The molecule has 2 aromatic heterocycles. The van der Waals surface area contributed by atoms with Crippen molar-refractivity contribution in [1.82, 2.24) is 20.0 Å². The number of hydrogen-bond donors (Lipinski definition) is 0. The highest BCUT2D eigenvalue weighted by Crippen LogP contribution is 2.38. The smallest absolute Gasteiger partial charge is 0.387 e. The predicted octanol–water partition coefficient (Wildman–Crippen LogP) is 4.48. The standard InChI is InChI=1S/C23H19F2N5O3S/c1-32-20-11-14(8-9-19(20)33-23(24)25)18-12-16(21-7-4-10-34-21)27-30(18)22(31)13-29-17-6-3-2-5-15(17)26-28-29/h2-11,18,23H,12-13H2,1H3. The summed E-state index contributed by atoms with van der Waals surface area (Å²) in [5.41, 5.74) is 2.88. The minimum atomic E-state index is -2.98. The van der Waals surface area contributed by atoms with E-state index in [9.17, 15) is 13.6 Å². The Hall–Kier alpha value is -3.86. The number of nitrogens with zero attached hydrogens (tertiary/aromatic N) is 5. The molecule has 5 rings (SSSR count). The van der Waals surface area contributed by atoms with E-state index in [2.05, 4.69) is 20.2 Å². The lowest BCUT2D eigenvalue weighted by molar-refractivity contribution is -0.133. The number of benzene rings is 2. The third-order valence-electron chi connectivity index (χ3n) is 5.47. The molecule has 0 radical (unpaired) electrons. The highest BCUT2D eigenvalue weighted by molar-refractivity contribution is 7.12. The first-order valence-electron chi connectivity index (χ1n) is 10.4. The van der Waals surface area contributed by atoms with Gasteiger partial charge in [-0.1, -0.05) is 29.5 Å². The lowest BCUT2D eigenvalue weighted by Crippen LogP contribution is -2.30. The molecule has 34 heavy (non-hydrogen) atoms. The van der Waals surface area contributed by atoms with Crippen molar-refractivity contribution in [3.8, 4) is 11.5 Å². The minimum absolute atomic E-state index is 0.0536. The Balaban J connectivity index is 1.47. The number of hydrogen-bond acceptors (Lipinski definition) is 7. The average Bonchev–Trinajstić information content (AvgIpc) is 3.59. The molecular weight excluding hydrogens is 464 g/mol. The molecule has 11 heteroatoms. The number of amides is 1. The van der Waals surface area contributed by atoms with E-state index >= 15 is 0 Å². The summed E-state index contributed by atoms with van der Waals surface area (Å²) in [6.07, 6.45) is 0.461. The summed E-state index contributed by atoms with van der Waals surface area (Å²) in [6.45, 7) is -3.03. The average molecular weight is 484 g/mol. The second-order valence-corrected chi connectivity index (χ2v) is 8.45. The van der Waals surface area contributed by atoms with Crippen molar-refractivity contribution in [2.24, 2.45) is 5.10 Å². The first-order valence-corrected chi connectivity index (χ1v) is 11.3. The molecule has 1 unspecified atom stereocenters. The number of carbonyl (C=O) groups is 1. The van der Waals surface area contributed by atoms with Crippen LogP contribution in [0, 0.1) is 0 Å². The van der Waals surface area contributed by atoms with Crippen LogP contribution >= 0.6 is 11.3 Å². The van der Waals surface area contributed by atoms with Crippen molar-refractivity contribution in [3.63, 3.8) is 0 Å². The SMILES string of the molecule is COc1cc(C2CC(c3cccs3)=NN2C(=O)Cn2nnc3ccccc32)ccc1OC(F)F. The van der Waals surface area contributed by atoms with Crippen LogP contribution in [0.25, 0.3) is 11.0 Å². The number of halogens is 2. The van der Waals surface area contributed by atoms with Crippen LogP contribution in [0.5, 0.6) is 11.5 Å². The molecule has 1 atom stereocenters. The number of para-hydroxylation sites is 1. The number of hydrazone groups is 1. The van der Waals surface area contributed by atoms with Gasteiger partial charge in [0.05, 0.1) is 29.3 Å². The first-order chi connectivity index (χ1) is 16.5. The Bertz CT molecular complexity index is 1360. The van der Waals surface area contributed by atoms with Crippen molar-refractivity contribution in [3.05, 3.63) is 70.4 Å². The first kappa shape index (κ1) is 22.0. The Labute approximate surface area is 197 Å². The van der Waals surface area contributed by atoms with Gasteiger partial charge in [0.2, 0.25) is 0 Å². The maximum absolute atomic E-state index is 13.4. The fourth-order valence-electron chi connectivity index (χ4n) is 3.91. The molecule has 1 amide bonds.